The van der Waals surface area contributed by atoms with E-state index in [9.17, 15) is 5.11 Å². The van der Waals surface area contributed by atoms with Gasteiger partial charge in [0.1, 0.15) is 18.5 Å². The van der Waals surface area contributed by atoms with Gasteiger partial charge in [-0.3, -0.25) is 4.90 Å². The first-order valence-corrected chi connectivity index (χ1v) is 9.87. The summed E-state index contributed by atoms with van der Waals surface area (Å²) in [5.74, 6) is 1.57. The van der Waals surface area contributed by atoms with Crippen LogP contribution >= 0.6 is 0 Å². The van der Waals surface area contributed by atoms with Gasteiger partial charge >= 0.3 is 0 Å². The minimum absolute atomic E-state index is 0.323. The fourth-order valence-electron chi connectivity index (χ4n) is 3.72. The van der Waals surface area contributed by atoms with Crippen LogP contribution in [0.3, 0.4) is 0 Å². The smallest absolute Gasteiger partial charge is 0.127 e. The van der Waals surface area contributed by atoms with Crippen LogP contribution in [-0.2, 0) is 0 Å². The van der Waals surface area contributed by atoms with Gasteiger partial charge in [-0.15, -0.1) is 0 Å². The normalized spacial score (nSPS) is 17.1. The summed E-state index contributed by atoms with van der Waals surface area (Å²) >= 11 is 0. The van der Waals surface area contributed by atoms with E-state index >= 15 is 0 Å². The molecule has 1 aliphatic heterocycles. The third-order valence-electron chi connectivity index (χ3n) is 5.31. The lowest BCUT2D eigenvalue weighted by atomic mass is 9.97. The first-order chi connectivity index (χ1) is 12.6. The highest BCUT2D eigenvalue weighted by atomic mass is 16.5. The van der Waals surface area contributed by atoms with Crippen molar-refractivity contribution >= 4 is 10.8 Å². The van der Waals surface area contributed by atoms with Crippen LogP contribution in [0, 0.1) is 5.92 Å². The molecule has 3 rings (SSSR count). The molecule has 1 heterocycles. The largest absolute Gasteiger partial charge is 0.490 e. The quantitative estimate of drug-likeness (QED) is 0.762. The number of benzene rings is 2. The van der Waals surface area contributed by atoms with Gasteiger partial charge in [0.05, 0.1) is 0 Å². The Morgan fingerprint density at radius 3 is 2.62 bits per heavy atom. The van der Waals surface area contributed by atoms with Crippen molar-refractivity contribution in [1.29, 1.82) is 0 Å². The van der Waals surface area contributed by atoms with Gasteiger partial charge in [0.2, 0.25) is 0 Å². The monoisotopic (exact) mass is 356 g/mol. The molecule has 2 N–H and O–H groups in total. The molecule has 0 spiro atoms. The molecule has 2 aromatic carbocycles. The molecule has 4 heteroatoms. The first kappa shape index (κ1) is 19.2. The molecular weight excluding hydrogens is 324 g/mol. The van der Waals surface area contributed by atoms with Gasteiger partial charge in [-0.1, -0.05) is 36.4 Å². The molecule has 1 aliphatic rings. The van der Waals surface area contributed by atoms with Crippen molar-refractivity contribution in [3.8, 4) is 5.75 Å². The first-order valence-electron chi connectivity index (χ1n) is 9.87. The number of rotatable bonds is 8. The Morgan fingerprint density at radius 1 is 1.12 bits per heavy atom. The van der Waals surface area contributed by atoms with E-state index in [0.29, 0.717) is 19.2 Å². The van der Waals surface area contributed by atoms with E-state index in [0.717, 1.165) is 42.1 Å². The highest BCUT2D eigenvalue weighted by Crippen LogP contribution is 2.25. The van der Waals surface area contributed by atoms with E-state index in [-0.39, 0.29) is 0 Å². The van der Waals surface area contributed by atoms with Crippen LogP contribution in [0.1, 0.15) is 26.7 Å². The standard InChI is InChI=1S/C22H32N2O2/c1-17(2)24(14-18-10-12-23-13-11-18)15-20(25)16-26-22-9-5-7-19-6-3-4-8-21(19)22/h3-9,17-18,20,23,25H,10-16H2,1-2H3. The van der Waals surface area contributed by atoms with Crippen LogP contribution in [0.2, 0.25) is 0 Å². The SMILES string of the molecule is CC(C)N(CC(O)COc1cccc2ccccc12)CC1CCNCC1. The van der Waals surface area contributed by atoms with Gasteiger partial charge in [0.15, 0.2) is 0 Å². The lowest BCUT2D eigenvalue weighted by molar-refractivity contribution is 0.0488. The Kier molecular flexibility index (Phi) is 6.89. The zero-order valence-corrected chi connectivity index (χ0v) is 16.0. The van der Waals surface area contributed by atoms with Crippen molar-refractivity contribution in [2.24, 2.45) is 5.92 Å². The van der Waals surface area contributed by atoms with Crippen LogP contribution in [0.25, 0.3) is 10.8 Å². The van der Waals surface area contributed by atoms with Crippen LogP contribution < -0.4 is 10.1 Å². The minimum Gasteiger partial charge on any atom is -0.490 e. The van der Waals surface area contributed by atoms with Crippen LogP contribution in [0.5, 0.6) is 5.75 Å². The van der Waals surface area contributed by atoms with Gasteiger partial charge in [-0.2, -0.15) is 0 Å². The molecule has 1 unspecified atom stereocenters. The Bertz CT molecular complexity index is 677. The van der Waals surface area contributed by atoms with Crippen LogP contribution in [0.15, 0.2) is 42.5 Å². The van der Waals surface area contributed by atoms with Gasteiger partial charge in [-0.05, 0) is 57.1 Å². The highest BCUT2D eigenvalue weighted by molar-refractivity contribution is 5.88. The molecule has 0 bridgehead atoms. The predicted molar refractivity (Wildman–Crippen MR) is 108 cm³/mol. The summed E-state index contributed by atoms with van der Waals surface area (Å²) in [4.78, 5) is 2.40. The molecule has 0 saturated carbocycles. The van der Waals surface area contributed by atoms with Crippen molar-refractivity contribution in [1.82, 2.24) is 10.2 Å². The second-order valence-electron chi connectivity index (χ2n) is 7.68. The molecule has 0 radical (unpaired) electrons. The number of piperidine rings is 1. The summed E-state index contributed by atoms with van der Waals surface area (Å²) in [7, 11) is 0. The van der Waals surface area contributed by atoms with E-state index in [2.05, 4.69) is 42.3 Å². The van der Waals surface area contributed by atoms with Gasteiger partial charge < -0.3 is 15.2 Å². The number of hydrogen-bond acceptors (Lipinski definition) is 4. The molecule has 0 amide bonds. The fraction of sp³-hybridized carbons (Fsp3) is 0.545. The molecule has 2 aromatic rings. The average molecular weight is 357 g/mol. The number of fused-ring (bicyclic) bond motifs is 1. The van der Waals surface area contributed by atoms with E-state index in [1.165, 1.54) is 12.8 Å². The van der Waals surface area contributed by atoms with E-state index in [1.54, 1.807) is 0 Å². The number of nitrogens with one attached hydrogen (secondary N) is 1. The maximum absolute atomic E-state index is 10.6. The van der Waals surface area contributed by atoms with Crippen molar-refractivity contribution in [2.75, 3.05) is 32.8 Å². The summed E-state index contributed by atoms with van der Waals surface area (Å²) in [5, 5.41) is 16.2. The Hall–Kier alpha value is -1.62. The predicted octanol–water partition coefficient (Wildman–Crippen LogP) is 3.29. The summed E-state index contributed by atoms with van der Waals surface area (Å²) in [6.07, 6.45) is 1.97. The van der Waals surface area contributed by atoms with Crippen LogP contribution in [-0.4, -0.2) is 54.9 Å². The maximum Gasteiger partial charge on any atom is 0.127 e. The molecule has 1 fully saturated rings. The molecule has 1 saturated heterocycles. The van der Waals surface area contributed by atoms with Crippen molar-refractivity contribution in [3.05, 3.63) is 42.5 Å². The van der Waals surface area contributed by atoms with Crippen molar-refractivity contribution < 1.29 is 9.84 Å². The fourth-order valence-corrected chi connectivity index (χ4v) is 3.72. The second-order valence-corrected chi connectivity index (χ2v) is 7.68. The van der Waals surface area contributed by atoms with Gasteiger partial charge in [0, 0.05) is 24.5 Å². The van der Waals surface area contributed by atoms with E-state index < -0.39 is 6.10 Å². The van der Waals surface area contributed by atoms with Gasteiger partial charge in [0.25, 0.3) is 0 Å². The topological polar surface area (TPSA) is 44.7 Å². The highest BCUT2D eigenvalue weighted by Gasteiger charge is 2.21. The average Bonchev–Trinajstić information content (AvgIpc) is 2.66. The third kappa shape index (κ3) is 5.19. The maximum atomic E-state index is 10.6. The number of nitrogens with zero attached hydrogens (tertiary/aromatic N) is 1. The minimum atomic E-state index is -0.488. The van der Waals surface area contributed by atoms with Crippen molar-refractivity contribution in [3.63, 3.8) is 0 Å². The Labute approximate surface area is 157 Å². The van der Waals surface area contributed by atoms with Crippen LogP contribution in [0.4, 0.5) is 0 Å². The number of aliphatic hydroxyl groups is 1. The zero-order chi connectivity index (χ0) is 18.4. The molecular formula is C22H32N2O2. The van der Waals surface area contributed by atoms with E-state index in [1.807, 2.05) is 24.3 Å². The lowest BCUT2D eigenvalue weighted by Gasteiger charge is -2.34. The summed E-state index contributed by atoms with van der Waals surface area (Å²) < 4.78 is 5.97. The number of hydrogen-bond donors (Lipinski definition) is 2. The van der Waals surface area contributed by atoms with Crippen molar-refractivity contribution in [2.45, 2.75) is 38.8 Å². The zero-order valence-electron chi connectivity index (χ0n) is 16.0. The molecule has 1 atom stereocenters. The molecule has 26 heavy (non-hydrogen) atoms. The molecule has 0 aromatic heterocycles. The summed E-state index contributed by atoms with van der Waals surface area (Å²) in [6.45, 7) is 8.69. The number of ether oxygens (including phenoxy) is 1. The lowest BCUT2D eigenvalue weighted by Crippen LogP contribution is -2.44. The van der Waals surface area contributed by atoms with E-state index in [4.69, 9.17) is 4.74 Å². The second kappa shape index (κ2) is 9.36. The third-order valence-corrected chi connectivity index (χ3v) is 5.31. The summed E-state index contributed by atoms with van der Waals surface area (Å²) in [6, 6.07) is 14.7. The van der Waals surface area contributed by atoms with Gasteiger partial charge in [-0.25, -0.2) is 0 Å². The summed E-state index contributed by atoms with van der Waals surface area (Å²) in [5.41, 5.74) is 0. The number of aliphatic hydroxyl groups excluding tert-OH is 1. The molecule has 142 valence electrons. The Balaban J connectivity index is 1.55. The molecule has 4 nitrogen and oxygen atoms in total. The Morgan fingerprint density at radius 2 is 1.85 bits per heavy atom. The molecule has 0 aliphatic carbocycles.